The molecule has 31 heavy (non-hydrogen) atoms. The summed E-state index contributed by atoms with van der Waals surface area (Å²) in [5, 5.41) is 1.70. The Kier molecular flexibility index (Phi) is 7.41. The van der Waals surface area contributed by atoms with E-state index in [2.05, 4.69) is 0 Å². The molecule has 9 heteroatoms. The molecule has 6 nitrogen and oxygen atoms in total. The highest BCUT2D eigenvalue weighted by Crippen LogP contribution is 2.26. The number of alkyl halides is 1. The number of ketones is 1. The van der Waals surface area contributed by atoms with Crippen molar-refractivity contribution in [2.24, 2.45) is 0 Å². The van der Waals surface area contributed by atoms with E-state index in [0.717, 1.165) is 22.2 Å². The first-order valence-corrected chi connectivity index (χ1v) is 10.6. The Labute approximate surface area is 188 Å². The summed E-state index contributed by atoms with van der Waals surface area (Å²) in [6.45, 7) is 0. The molecule has 3 amide bonds. The normalized spacial score (nSPS) is 15.0. The number of imide groups is 1. The lowest BCUT2D eigenvalue weighted by Crippen LogP contribution is -2.60. The van der Waals surface area contributed by atoms with E-state index < -0.39 is 35.4 Å². The zero-order valence-electron chi connectivity index (χ0n) is 16.4. The van der Waals surface area contributed by atoms with Gasteiger partial charge in [-0.15, -0.1) is 11.6 Å². The van der Waals surface area contributed by atoms with Crippen LogP contribution in [-0.2, 0) is 9.59 Å². The van der Waals surface area contributed by atoms with Crippen LogP contribution in [0.25, 0.3) is 0 Å². The molecule has 1 aliphatic heterocycles. The Bertz CT molecular complexity index is 997. The SMILES string of the molecule is O=C(c1ccc(F)cc1)[C@H](CCCl)N(C(=O)c1ccccc1Cl)N1C(=O)CCCC1=O. The second-order valence-corrected chi connectivity index (χ2v) is 7.73. The van der Waals surface area contributed by atoms with Crippen molar-refractivity contribution in [2.45, 2.75) is 31.7 Å². The van der Waals surface area contributed by atoms with Crippen molar-refractivity contribution in [1.29, 1.82) is 0 Å². The van der Waals surface area contributed by atoms with E-state index in [9.17, 15) is 23.6 Å². The van der Waals surface area contributed by atoms with Gasteiger partial charge in [0.2, 0.25) is 11.8 Å². The van der Waals surface area contributed by atoms with Crippen LogP contribution in [0, 0.1) is 5.82 Å². The van der Waals surface area contributed by atoms with Crippen molar-refractivity contribution in [2.75, 3.05) is 5.88 Å². The molecule has 0 radical (unpaired) electrons. The predicted octanol–water partition coefficient (Wildman–Crippen LogP) is 4.26. The number of hydrogen-bond acceptors (Lipinski definition) is 4. The van der Waals surface area contributed by atoms with E-state index in [1.807, 2.05) is 0 Å². The maximum Gasteiger partial charge on any atom is 0.275 e. The molecule has 1 heterocycles. The number of carbonyl (C=O) groups is 4. The second-order valence-electron chi connectivity index (χ2n) is 6.95. The van der Waals surface area contributed by atoms with E-state index in [-0.39, 0.29) is 41.3 Å². The zero-order chi connectivity index (χ0) is 22.5. The summed E-state index contributed by atoms with van der Waals surface area (Å²) in [6, 6.07) is 9.65. The summed E-state index contributed by atoms with van der Waals surface area (Å²) < 4.78 is 13.3. The van der Waals surface area contributed by atoms with Crippen LogP contribution in [0.5, 0.6) is 0 Å². The summed E-state index contributed by atoms with van der Waals surface area (Å²) >= 11 is 12.1. The highest BCUT2D eigenvalue weighted by Gasteiger charge is 2.42. The van der Waals surface area contributed by atoms with Gasteiger partial charge in [0.1, 0.15) is 11.9 Å². The first-order chi connectivity index (χ1) is 14.8. The Balaban J connectivity index is 2.11. The molecule has 0 aliphatic carbocycles. The number of Topliss-reactive ketones (excluding diaryl/α,β-unsaturated/α-hetero) is 1. The number of rotatable bonds is 7. The molecule has 1 fully saturated rings. The van der Waals surface area contributed by atoms with Crippen molar-refractivity contribution < 1.29 is 23.6 Å². The van der Waals surface area contributed by atoms with E-state index in [4.69, 9.17) is 23.2 Å². The van der Waals surface area contributed by atoms with Crippen LogP contribution in [0.3, 0.4) is 0 Å². The van der Waals surface area contributed by atoms with Gasteiger partial charge in [0.05, 0.1) is 10.6 Å². The van der Waals surface area contributed by atoms with Crippen LogP contribution in [0.4, 0.5) is 4.39 Å². The third kappa shape index (κ3) is 4.94. The fourth-order valence-corrected chi connectivity index (χ4v) is 3.81. The summed E-state index contributed by atoms with van der Waals surface area (Å²) in [4.78, 5) is 52.1. The lowest BCUT2D eigenvalue weighted by molar-refractivity contribution is -0.165. The van der Waals surface area contributed by atoms with Gasteiger partial charge in [-0.05, 0) is 49.2 Å². The van der Waals surface area contributed by atoms with Gasteiger partial charge in [-0.3, -0.25) is 19.2 Å². The van der Waals surface area contributed by atoms with Gasteiger partial charge in [-0.2, -0.15) is 5.01 Å². The minimum absolute atomic E-state index is 0.0277. The molecule has 1 atom stereocenters. The largest absolute Gasteiger partial charge is 0.292 e. The first kappa shape index (κ1) is 22.9. The lowest BCUT2D eigenvalue weighted by Gasteiger charge is -2.39. The Hall–Kier alpha value is -2.77. The summed E-state index contributed by atoms with van der Waals surface area (Å²) in [7, 11) is 0. The maximum absolute atomic E-state index is 13.5. The average molecular weight is 465 g/mol. The van der Waals surface area contributed by atoms with Crippen LogP contribution < -0.4 is 0 Å². The number of carbonyl (C=O) groups excluding carboxylic acids is 4. The van der Waals surface area contributed by atoms with Crippen LogP contribution in [0.15, 0.2) is 48.5 Å². The Morgan fingerprint density at radius 2 is 1.65 bits per heavy atom. The molecule has 1 saturated heterocycles. The van der Waals surface area contributed by atoms with Gasteiger partial charge in [0.15, 0.2) is 5.78 Å². The summed E-state index contributed by atoms with van der Waals surface area (Å²) in [5.74, 6) is -3.10. The van der Waals surface area contributed by atoms with E-state index in [1.54, 1.807) is 12.1 Å². The maximum atomic E-state index is 13.5. The molecule has 0 spiro atoms. The summed E-state index contributed by atoms with van der Waals surface area (Å²) in [6.07, 6.45) is 0.423. The molecule has 0 saturated carbocycles. The molecule has 3 rings (SSSR count). The van der Waals surface area contributed by atoms with Crippen LogP contribution in [0.1, 0.15) is 46.4 Å². The van der Waals surface area contributed by atoms with Gasteiger partial charge in [-0.1, -0.05) is 23.7 Å². The standard InChI is InChI=1S/C22H19Cl2FN2O4/c23-13-12-18(21(30)14-8-10-15(25)11-9-14)26(27-19(28)6-3-7-20(27)29)22(31)16-4-1-2-5-17(16)24/h1-2,4-5,8-11,18H,3,6-7,12-13H2/t18-/m0/s1. The first-order valence-electron chi connectivity index (χ1n) is 9.64. The highest BCUT2D eigenvalue weighted by atomic mass is 35.5. The minimum Gasteiger partial charge on any atom is -0.292 e. The smallest absolute Gasteiger partial charge is 0.275 e. The fraction of sp³-hybridized carbons (Fsp3) is 0.273. The van der Waals surface area contributed by atoms with Gasteiger partial charge in [0.25, 0.3) is 5.91 Å². The molecule has 1 aliphatic rings. The molecule has 0 bridgehead atoms. The highest BCUT2D eigenvalue weighted by molar-refractivity contribution is 6.34. The zero-order valence-corrected chi connectivity index (χ0v) is 17.9. The molecular formula is C22H19Cl2FN2O4. The number of benzene rings is 2. The van der Waals surface area contributed by atoms with Crippen LogP contribution in [-0.4, -0.2) is 45.4 Å². The quantitative estimate of drug-likeness (QED) is 0.348. The third-order valence-corrected chi connectivity index (χ3v) is 5.44. The molecule has 0 unspecified atom stereocenters. The van der Waals surface area contributed by atoms with Crippen molar-refractivity contribution in [3.8, 4) is 0 Å². The van der Waals surface area contributed by atoms with Gasteiger partial charge in [0, 0.05) is 24.3 Å². The number of amides is 3. The lowest BCUT2D eigenvalue weighted by atomic mass is 10.00. The Morgan fingerprint density at radius 3 is 2.23 bits per heavy atom. The van der Waals surface area contributed by atoms with Crippen molar-refractivity contribution in [3.63, 3.8) is 0 Å². The van der Waals surface area contributed by atoms with Gasteiger partial charge >= 0.3 is 0 Å². The van der Waals surface area contributed by atoms with E-state index >= 15 is 0 Å². The minimum atomic E-state index is -1.27. The number of hydrogen-bond donors (Lipinski definition) is 0. The summed E-state index contributed by atoms with van der Waals surface area (Å²) in [5.41, 5.74) is 0.146. The fourth-order valence-electron chi connectivity index (χ4n) is 3.39. The van der Waals surface area contributed by atoms with Crippen LogP contribution in [0.2, 0.25) is 5.02 Å². The molecule has 0 aromatic heterocycles. The molecule has 162 valence electrons. The molecular weight excluding hydrogens is 446 g/mol. The van der Waals surface area contributed by atoms with Crippen LogP contribution >= 0.6 is 23.2 Å². The van der Waals surface area contributed by atoms with Crippen molar-refractivity contribution in [3.05, 3.63) is 70.5 Å². The molecule has 0 N–H and O–H groups in total. The average Bonchev–Trinajstić information content (AvgIpc) is 2.75. The second kappa shape index (κ2) is 10.0. The molecule has 2 aromatic rings. The number of nitrogens with zero attached hydrogens (tertiary/aromatic N) is 2. The van der Waals surface area contributed by atoms with Gasteiger partial charge in [-0.25, -0.2) is 9.40 Å². The van der Waals surface area contributed by atoms with Crippen molar-refractivity contribution >= 4 is 46.7 Å². The number of halogens is 3. The van der Waals surface area contributed by atoms with E-state index in [0.29, 0.717) is 6.42 Å². The van der Waals surface area contributed by atoms with Crippen molar-refractivity contribution in [1.82, 2.24) is 10.0 Å². The Morgan fingerprint density at radius 1 is 1.03 bits per heavy atom. The topological polar surface area (TPSA) is 74.8 Å². The van der Waals surface area contributed by atoms with Gasteiger partial charge < -0.3 is 0 Å². The predicted molar refractivity (Wildman–Crippen MR) is 113 cm³/mol. The number of piperidine rings is 1. The molecule has 2 aromatic carbocycles. The number of hydrazine groups is 1. The monoisotopic (exact) mass is 464 g/mol. The van der Waals surface area contributed by atoms with E-state index in [1.165, 1.54) is 24.3 Å². The third-order valence-electron chi connectivity index (χ3n) is 4.89.